The molecule has 0 aliphatic carbocycles. The van der Waals surface area contributed by atoms with Crippen LogP contribution < -0.4 is 0 Å². The minimum atomic E-state index is -0.786. The van der Waals surface area contributed by atoms with E-state index in [0.29, 0.717) is 0 Å². The number of carbonyl (C=O) groups is 1. The first-order valence-electron chi connectivity index (χ1n) is 5.32. The smallest absolute Gasteiger partial charge is 0.307 e. The lowest BCUT2D eigenvalue weighted by molar-refractivity contribution is -0.136. The van der Waals surface area contributed by atoms with Crippen molar-refractivity contribution in [1.82, 2.24) is 0 Å². The zero-order valence-electron chi connectivity index (χ0n) is 9.73. The third-order valence-electron chi connectivity index (χ3n) is 2.01. The molecule has 0 unspecified atom stereocenters. The van der Waals surface area contributed by atoms with Gasteiger partial charge in [0.1, 0.15) is 0 Å². The zero-order valence-corrected chi connectivity index (χ0v) is 9.73. The summed E-state index contributed by atoms with van der Waals surface area (Å²) in [4.78, 5) is 10.2. The maximum Gasteiger partial charge on any atom is 0.307 e. The molecule has 0 fully saturated rings. The summed E-state index contributed by atoms with van der Waals surface area (Å²) in [5, 5.41) is 8.37. The highest BCUT2D eigenvalue weighted by Crippen LogP contribution is 1.98. The molecule has 0 spiro atoms. The maximum absolute atomic E-state index is 10.2. The molecule has 84 valence electrons. The van der Waals surface area contributed by atoms with E-state index in [-0.39, 0.29) is 6.42 Å². The molecule has 0 saturated carbocycles. The topological polar surface area (TPSA) is 37.3 Å². The van der Waals surface area contributed by atoms with Crippen molar-refractivity contribution >= 4 is 5.97 Å². The molecule has 2 nitrogen and oxygen atoms in total. The summed E-state index contributed by atoms with van der Waals surface area (Å²) >= 11 is 0. The van der Waals surface area contributed by atoms with Gasteiger partial charge in [0.05, 0.1) is 6.42 Å². The minimum absolute atomic E-state index is 0.112. The normalized spacial score (nSPS) is 9.33. The number of carboxylic acids is 1. The van der Waals surface area contributed by atoms with Crippen molar-refractivity contribution in [3.05, 3.63) is 35.9 Å². The first-order chi connectivity index (χ1) is 7.06. The van der Waals surface area contributed by atoms with Gasteiger partial charge in [-0.1, -0.05) is 57.5 Å². The molecule has 0 aliphatic heterocycles. The Kier molecular flexibility index (Phi) is 7.33. The Labute approximate surface area is 91.9 Å². The average molecular weight is 208 g/mol. The van der Waals surface area contributed by atoms with Gasteiger partial charge < -0.3 is 5.11 Å². The van der Waals surface area contributed by atoms with Gasteiger partial charge in [0.2, 0.25) is 0 Å². The van der Waals surface area contributed by atoms with Crippen molar-refractivity contribution in [2.45, 2.75) is 33.6 Å². The number of rotatable bonds is 3. The summed E-state index contributed by atoms with van der Waals surface area (Å²) in [5.41, 5.74) is 0.843. The molecule has 1 aromatic rings. The summed E-state index contributed by atoms with van der Waals surface area (Å²) in [5.74, 6) is 0.0983. The van der Waals surface area contributed by atoms with Gasteiger partial charge in [0, 0.05) is 0 Å². The zero-order chi connectivity index (χ0) is 11.7. The van der Waals surface area contributed by atoms with Crippen LogP contribution >= 0.6 is 0 Å². The second kappa shape index (κ2) is 8.04. The molecule has 0 aromatic heterocycles. The van der Waals surface area contributed by atoms with Crippen LogP contribution in [-0.4, -0.2) is 11.1 Å². The van der Waals surface area contributed by atoms with Gasteiger partial charge in [-0.3, -0.25) is 4.79 Å². The minimum Gasteiger partial charge on any atom is -0.481 e. The van der Waals surface area contributed by atoms with E-state index in [9.17, 15) is 4.79 Å². The average Bonchev–Trinajstić information content (AvgIpc) is 2.19. The summed E-state index contributed by atoms with van der Waals surface area (Å²) in [7, 11) is 0. The van der Waals surface area contributed by atoms with E-state index >= 15 is 0 Å². The fourth-order valence-corrected chi connectivity index (χ4v) is 0.770. The van der Waals surface area contributed by atoms with Crippen LogP contribution in [0.2, 0.25) is 0 Å². The Morgan fingerprint density at radius 3 is 2.07 bits per heavy atom. The lowest BCUT2D eigenvalue weighted by Crippen LogP contribution is -1.98. The van der Waals surface area contributed by atoms with E-state index in [1.54, 1.807) is 12.1 Å². The van der Waals surface area contributed by atoms with E-state index < -0.39 is 5.97 Å². The predicted molar refractivity (Wildman–Crippen MR) is 62.9 cm³/mol. The maximum atomic E-state index is 10.2. The molecule has 0 amide bonds. The first kappa shape index (κ1) is 13.7. The fraction of sp³-hybridized carbons (Fsp3) is 0.462. The summed E-state index contributed by atoms with van der Waals surface area (Å²) in [6.07, 6.45) is 1.42. The Hall–Kier alpha value is -1.31. The quantitative estimate of drug-likeness (QED) is 0.827. The molecule has 2 heteroatoms. The molecule has 0 heterocycles. The fourth-order valence-electron chi connectivity index (χ4n) is 0.770. The molecule has 0 atom stereocenters. The monoisotopic (exact) mass is 208 g/mol. The second-order valence-electron chi connectivity index (χ2n) is 3.86. The number of hydrogen-bond acceptors (Lipinski definition) is 1. The number of aliphatic carboxylic acids is 1. The van der Waals surface area contributed by atoms with Gasteiger partial charge in [0.25, 0.3) is 0 Å². The third-order valence-corrected chi connectivity index (χ3v) is 2.01. The van der Waals surface area contributed by atoms with Crippen LogP contribution in [0.4, 0.5) is 0 Å². The van der Waals surface area contributed by atoms with Gasteiger partial charge >= 0.3 is 5.97 Å². The molecule has 0 saturated heterocycles. The number of carboxylic acid groups (broad SMARTS) is 1. The van der Waals surface area contributed by atoms with Crippen LogP contribution in [0.3, 0.4) is 0 Å². The highest BCUT2D eigenvalue weighted by Gasteiger charge is 1.96. The van der Waals surface area contributed by atoms with Gasteiger partial charge in [-0.05, 0) is 11.5 Å². The van der Waals surface area contributed by atoms with Crippen LogP contribution in [-0.2, 0) is 11.2 Å². The Morgan fingerprint density at radius 1 is 1.27 bits per heavy atom. The second-order valence-corrected chi connectivity index (χ2v) is 3.86. The van der Waals surface area contributed by atoms with Crippen LogP contribution in [0.1, 0.15) is 32.8 Å². The van der Waals surface area contributed by atoms with E-state index in [4.69, 9.17) is 5.11 Å². The molecule has 0 aliphatic rings. The SMILES string of the molecule is CCC(C)C.O=C(O)Cc1ccccc1. The summed E-state index contributed by atoms with van der Waals surface area (Å²) in [6.45, 7) is 6.64. The lowest BCUT2D eigenvalue weighted by atomic mass is 10.2. The van der Waals surface area contributed by atoms with Crippen LogP contribution in [0, 0.1) is 5.92 Å². The van der Waals surface area contributed by atoms with Crippen molar-refractivity contribution in [3.8, 4) is 0 Å². The molecule has 1 rings (SSSR count). The largest absolute Gasteiger partial charge is 0.481 e. The highest BCUT2D eigenvalue weighted by atomic mass is 16.4. The standard InChI is InChI=1S/C8H8O2.C5H12/c9-8(10)6-7-4-2-1-3-5-7;1-4-5(2)3/h1-5H,6H2,(H,9,10);5H,4H2,1-3H3. The van der Waals surface area contributed by atoms with Crippen LogP contribution in [0.15, 0.2) is 30.3 Å². The number of benzene rings is 1. The van der Waals surface area contributed by atoms with Crippen LogP contribution in [0.25, 0.3) is 0 Å². The van der Waals surface area contributed by atoms with E-state index in [2.05, 4.69) is 20.8 Å². The van der Waals surface area contributed by atoms with Gasteiger partial charge in [-0.15, -0.1) is 0 Å². The molecule has 15 heavy (non-hydrogen) atoms. The number of hydrogen-bond donors (Lipinski definition) is 1. The summed E-state index contributed by atoms with van der Waals surface area (Å²) in [6, 6.07) is 9.13. The molecule has 1 N–H and O–H groups in total. The van der Waals surface area contributed by atoms with Gasteiger partial charge in [-0.25, -0.2) is 0 Å². The Balaban J connectivity index is 0.000000336. The van der Waals surface area contributed by atoms with Crippen molar-refractivity contribution in [2.24, 2.45) is 5.92 Å². The molecule has 0 bridgehead atoms. The van der Waals surface area contributed by atoms with Crippen molar-refractivity contribution < 1.29 is 9.90 Å². The van der Waals surface area contributed by atoms with E-state index in [0.717, 1.165) is 11.5 Å². The lowest BCUT2D eigenvalue weighted by Gasteiger charge is -1.92. The van der Waals surface area contributed by atoms with Gasteiger partial charge in [-0.2, -0.15) is 0 Å². The van der Waals surface area contributed by atoms with Crippen molar-refractivity contribution in [2.75, 3.05) is 0 Å². The van der Waals surface area contributed by atoms with E-state index in [1.165, 1.54) is 6.42 Å². The first-order valence-corrected chi connectivity index (χ1v) is 5.32. The third kappa shape index (κ3) is 9.01. The Bertz CT molecular complexity index is 265. The van der Waals surface area contributed by atoms with Crippen molar-refractivity contribution in [1.29, 1.82) is 0 Å². The summed E-state index contributed by atoms with van der Waals surface area (Å²) < 4.78 is 0. The predicted octanol–water partition coefficient (Wildman–Crippen LogP) is 3.37. The molecular formula is C13H20O2. The molecule has 0 radical (unpaired) electrons. The molecular weight excluding hydrogens is 188 g/mol. The van der Waals surface area contributed by atoms with Crippen molar-refractivity contribution in [3.63, 3.8) is 0 Å². The highest BCUT2D eigenvalue weighted by molar-refractivity contribution is 5.70. The van der Waals surface area contributed by atoms with E-state index in [1.807, 2.05) is 18.2 Å². The van der Waals surface area contributed by atoms with Gasteiger partial charge in [0.15, 0.2) is 0 Å². The Morgan fingerprint density at radius 2 is 1.73 bits per heavy atom. The van der Waals surface area contributed by atoms with Crippen LogP contribution in [0.5, 0.6) is 0 Å². The molecule has 1 aromatic carbocycles.